The van der Waals surface area contributed by atoms with Gasteiger partial charge in [0.15, 0.2) is 0 Å². The number of non-ortho nitro benzene ring substituents is 1. The maximum Gasteiger partial charge on any atom is 0.272 e. The van der Waals surface area contributed by atoms with Crippen LogP contribution < -0.4 is 5.32 Å². The van der Waals surface area contributed by atoms with E-state index in [2.05, 4.69) is 5.32 Å². The number of hydrogen-bond acceptors (Lipinski definition) is 4. The summed E-state index contributed by atoms with van der Waals surface area (Å²) in [7, 11) is 0. The molecule has 0 radical (unpaired) electrons. The number of nitro groups is 1. The van der Waals surface area contributed by atoms with Gasteiger partial charge in [0.2, 0.25) is 0 Å². The summed E-state index contributed by atoms with van der Waals surface area (Å²) in [6.07, 6.45) is 2.53. The third-order valence-corrected chi connectivity index (χ3v) is 2.96. The molecule has 6 heteroatoms. The molecule has 0 saturated heterocycles. The van der Waals surface area contributed by atoms with E-state index < -0.39 is 10.7 Å². The van der Waals surface area contributed by atoms with Crippen LogP contribution in [0, 0.1) is 21.8 Å². The molecule has 104 valence electrons. The second-order valence-electron chi connectivity index (χ2n) is 4.77. The van der Waals surface area contributed by atoms with Gasteiger partial charge in [-0.25, -0.2) is 4.39 Å². The van der Waals surface area contributed by atoms with Gasteiger partial charge in [-0.3, -0.25) is 10.1 Å². The van der Waals surface area contributed by atoms with Crippen LogP contribution in [-0.2, 0) is 11.3 Å². The first-order valence-electron chi connectivity index (χ1n) is 6.37. The summed E-state index contributed by atoms with van der Waals surface area (Å²) in [5.74, 6) is 0.154. The lowest BCUT2D eigenvalue weighted by Crippen LogP contribution is -2.19. The Kier molecular flexibility index (Phi) is 4.81. The molecule has 1 aliphatic rings. The molecule has 1 aromatic rings. The van der Waals surface area contributed by atoms with E-state index in [1.165, 1.54) is 25.0 Å². The summed E-state index contributed by atoms with van der Waals surface area (Å²) in [4.78, 5) is 10.00. The number of ether oxygens (including phenoxy) is 1. The monoisotopic (exact) mass is 268 g/mol. The number of nitro benzene ring substituents is 1. The third kappa shape index (κ3) is 4.92. The fraction of sp³-hybridized carbons (Fsp3) is 0.538. The number of benzene rings is 1. The average Bonchev–Trinajstić information content (AvgIpc) is 3.17. The first kappa shape index (κ1) is 13.9. The number of rotatable bonds is 8. The molecule has 0 amide bonds. The highest BCUT2D eigenvalue weighted by molar-refractivity contribution is 5.35. The summed E-state index contributed by atoms with van der Waals surface area (Å²) in [5, 5.41) is 13.7. The lowest BCUT2D eigenvalue weighted by atomic mass is 10.2. The summed E-state index contributed by atoms with van der Waals surface area (Å²) in [6, 6.07) is 3.59. The molecule has 5 nitrogen and oxygen atoms in total. The van der Waals surface area contributed by atoms with E-state index in [0.29, 0.717) is 25.3 Å². The Morgan fingerprint density at radius 1 is 1.42 bits per heavy atom. The topological polar surface area (TPSA) is 64.4 Å². The highest BCUT2D eigenvalue weighted by atomic mass is 19.1. The van der Waals surface area contributed by atoms with Crippen molar-refractivity contribution in [2.45, 2.75) is 19.4 Å². The van der Waals surface area contributed by atoms with Gasteiger partial charge in [-0.1, -0.05) is 0 Å². The fourth-order valence-corrected chi connectivity index (χ4v) is 1.75. The molecular formula is C13H17FN2O3. The van der Waals surface area contributed by atoms with Crippen molar-refractivity contribution < 1.29 is 14.1 Å². The molecule has 1 saturated carbocycles. The van der Waals surface area contributed by atoms with Gasteiger partial charge in [-0.15, -0.1) is 0 Å². The smallest absolute Gasteiger partial charge is 0.272 e. The summed E-state index contributed by atoms with van der Waals surface area (Å²) < 4.78 is 18.6. The van der Waals surface area contributed by atoms with Crippen LogP contribution in [-0.4, -0.2) is 24.7 Å². The number of hydrogen-bond donors (Lipinski definition) is 1. The van der Waals surface area contributed by atoms with Crippen molar-refractivity contribution in [2.75, 3.05) is 19.8 Å². The largest absolute Gasteiger partial charge is 0.380 e. The van der Waals surface area contributed by atoms with Gasteiger partial charge < -0.3 is 10.1 Å². The van der Waals surface area contributed by atoms with Crippen molar-refractivity contribution in [3.8, 4) is 0 Å². The Balaban J connectivity index is 1.70. The van der Waals surface area contributed by atoms with Crippen LogP contribution in [0.5, 0.6) is 0 Å². The average molecular weight is 268 g/mol. The van der Waals surface area contributed by atoms with Crippen LogP contribution in [0.2, 0.25) is 0 Å². The minimum Gasteiger partial charge on any atom is -0.380 e. The maximum absolute atomic E-state index is 13.2. The number of nitrogens with one attached hydrogen (secondary N) is 1. The summed E-state index contributed by atoms with van der Waals surface area (Å²) in [6.45, 7) is 2.46. The molecular weight excluding hydrogens is 251 g/mol. The zero-order chi connectivity index (χ0) is 13.7. The molecule has 0 aromatic heterocycles. The van der Waals surface area contributed by atoms with Crippen LogP contribution in [0.3, 0.4) is 0 Å². The number of nitrogens with zero attached hydrogens (tertiary/aromatic N) is 1. The van der Waals surface area contributed by atoms with Crippen LogP contribution in [0.15, 0.2) is 18.2 Å². The van der Waals surface area contributed by atoms with E-state index >= 15 is 0 Å². The SMILES string of the molecule is O=[N+]([O-])c1cc(F)cc(CNCCOCC2CC2)c1. The standard InChI is InChI=1S/C13H17FN2O3/c14-12-5-11(6-13(7-12)16(17)18)8-15-3-4-19-9-10-1-2-10/h5-7,10,15H,1-4,8-9H2. The van der Waals surface area contributed by atoms with Gasteiger partial charge in [-0.2, -0.15) is 0 Å². The Bertz CT molecular complexity index is 450. The van der Waals surface area contributed by atoms with E-state index in [0.717, 1.165) is 18.6 Å². The molecule has 0 aliphatic heterocycles. The molecule has 1 fully saturated rings. The minimum absolute atomic E-state index is 0.221. The van der Waals surface area contributed by atoms with Gasteiger partial charge in [0.05, 0.1) is 17.6 Å². The minimum atomic E-state index is -0.592. The second kappa shape index (κ2) is 6.58. The molecule has 0 spiro atoms. The van der Waals surface area contributed by atoms with E-state index in [1.807, 2.05) is 0 Å². The fourth-order valence-electron chi connectivity index (χ4n) is 1.75. The van der Waals surface area contributed by atoms with Gasteiger partial charge in [0.25, 0.3) is 5.69 Å². The van der Waals surface area contributed by atoms with Crippen LogP contribution in [0.4, 0.5) is 10.1 Å². The van der Waals surface area contributed by atoms with Gasteiger partial charge in [0, 0.05) is 25.8 Å². The Morgan fingerprint density at radius 3 is 2.89 bits per heavy atom. The van der Waals surface area contributed by atoms with E-state index in [4.69, 9.17) is 4.74 Å². The van der Waals surface area contributed by atoms with E-state index in [9.17, 15) is 14.5 Å². The first-order valence-corrected chi connectivity index (χ1v) is 6.37. The molecule has 1 aromatic carbocycles. The van der Waals surface area contributed by atoms with E-state index in [1.54, 1.807) is 0 Å². The van der Waals surface area contributed by atoms with Crippen molar-refractivity contribution >= 4 is 5.69 Å². The Hall–Kier alpha value is -1.53. The normalized spacial score (nSPS) is 14.6. The highest BCUT2D eigenvalue weighted by Gasteiger charge is 2.20. The Labute approximate surface area is 110 Å². The first-order chi connectivity index (χ1) is 9.15. The summed E-state index contributed by atoms with van der Waals surface area (Å²) >= 11 is 0. The van der Waals surface area contributed by atoms with Crippen molar-refractivity contribution in [1.82, 2.24) is 5.32 Å². The maximum atomic E-state index is 13.2. The molecule has 0 unspecified atom stereocenters. The molecule has 1 N–H and O–H groups in total. The van der Waals surface area contributed by atoms with Crippen molar-refractivity contribution in [1.29, 1.82) is 0 Å². The molecule has 19 heavy (non-hydrogen) atoms. The zero-order valence-corrected chi connectivity index (χ0v) is 10.6. The van der Waals surface area contributed by atoms with Crippen LogP contribution >= 0.6 is 0 Å². The molecule has 1 aliphatic carbocycles. The van der Waals surface area contributed by atoms with Crippen molar-refractivity contribution in [2.24, 2.45) is 5.92 Å². The quantitative estimate of drug-likeness (QED) is 0.446. The van der Waals surface area contributed by atoms with Gasteiger partial charge >= 0.3 is 0 Å². The lowest BCUT2D eigenvalue weighted by molar-refractivity contribution is -0.385. The van der Waals surface area contributed by atoms with Crippen LogP contribution in [0.1, 0.15) is 18.4 Å². The Morgan fingerprint density at radius 2 is 2.21 bits per heavy atom. The van der Waals surface area contributed by atoms with Crippen LogP contribution in [0.25, 0.3) is 0 Å². The van der Waals surface area contributed by atoms with E-state index in [-0.39, 0.29) is 5.69 Å². The molecule has 0 heterocycles. The van der Waals surface area contributed by atoms with Crippen molar-refractivity contribution in [3.05, 3.63) is 39.7 Å². The van der Waals surface area contributed by atoms with Gasteiger partial charge in [-0.05, 0) is 30.4 Å². The third-order valence-electron chi connectivity index (χ3n) is 2.96. The second-order valence-corrected chi connectivity index (χ2v) is 4.77. The zero-order valence-electron chi connectivity index (χ0n) is 10.6. The lowest BCUT2D eigenvalue weighted by Gasteiger charge is -2.06. The van der Waals surface area contributed by atoms with Crippen molar-refractivity contribution in [3.63, 3.8) is 0 Å². The number of halogens is 1. The molecule has 2 rings (SSSR count). The van der Waals surface area contributed by atoms with Gasteiger partial charge in [0.1, 0.15) is 5.82 Å². The molecule has 0 bridgehead atoms. The molecule has 0 atom stereocenters. The highest BCUT2D eigenvalue weighted by Crippen LogP contribution is 2.28. The predicted octanol–water partition coefficient (Wildman–Crippen LogP) is 2.25. The summed E-state index contributed by atoms with van der Waals surface area (Å²) in [5.41, 5.74) is 0.343. The predicted molar refractivity (Wildman–Crippen MR) is 68.3 cm³/mol.